The third-order valence-corrected chi connectivity index (χ3v) is 8.67. The molecule has 1 atom stereocenters. The van der Waals surface area contributed by atoms with Gasteiger partial charge in [0.05, 0.1) is 22.8 Å². The number of hydrogen-bond donors (Lipinski definition) is 2. The summed E-state index contributed by atoms with van der Waals surface area (Å²) in [5.41, 5.74) is 3.09. The van der Waals surface area contributed by atoms with Gasteiger partial charge in [-0.05, 0) is 67.4 Å². The fraction of sp³-hybridized carbons (Fsp3) is 0.367. The van der Waals surface area contributed by atoms with Crippen molar-refractivity contribution in [2.75, 3.05) is 37.9 Å². The van der Waals surface area contributed by atoms with Gasteiger partial charge in [0.15, 0.2) is 9.84 Å². The first kappa shape index (κ1) is 27.9. The highest BCUT2D eigenvalue weighted by molar-refractivity contribution is 7.90. The number of pyridine rings is 1. The van der Waals surface area contributed by atoms with Gasteiger partial charge in [-0.25, -0.2) is 23.4 Å². The Balaban J connectivity index is 1.45. The molecule has 0 radical (unpaired) electrons. The van der Waals surface area contributed by atoms with Crippen LogP contribution in [0.2, 0.25) is 0 Å². The molecule has 2 aromatic carbocycles. The minimum Gasteiger partial charge on any atom is -0.437 e. The van der Waals surface area contributed by atoms with E-state index in [1.165, 1.54) is 0 Å². The average molecular weight is 562 g/mol. The van der Waals surface area contributed by atoms with Gasteiger partial charge in [-0.3, -0.25) is 0 Å². The van der Waals surface area contributed by atoms with Crippen LogP contribution in [0.3, 0.4) is 0 Å². The second kappa shape index (κ2) is 12.7. The third-order valence-electron chi connectivity index (χ3n) is 7.01. The van der Waals surface area contributed by atoms with E-state index in [0.29, 0.717) is 36.3 Å². The van der Waals surface area contributed by atoms with E-state index in [1.54, 1.807) is 19.5 Å². The lowest BCUT2D eigenvalue weighted by atomic mass is 10.0. The van der Waals surface area contributed by atoms with E-state index in [1.807, 2.05) is 55.5 Å². The van der Waals surface area contributed by atoms with Crippen LogP contribution in [0.4, 0.5) is 5.95 Å². The lowest BCUT2D eigenvalue weighted by molar-refractivity contribution is 0.199. The summed E-state index contributed by atoms with van der Waals surface area (Å²) in [6, 6.07) is 15.5. The van der Waals surface area contributed by atoms with Crippen LogP contribution in [0.25, 0.3) is 22.0 Å². The number of fused-ring (bicyclic) bond motifs is 1. The molecule has 210 valence electrons. The Bertz CT molecular complexity index is 1570. The van der Waals surface area contributed by atoms with Crippen molar-refractivity contribution in [1.82, 2.24) is 20.3 Å². The van der Waals surface area contributed by atoms with Crippen molar-refractivity contribution in [1.29, 1.82) is 0 Å². The van der Waals surface area contributed by atoms with Gasteiger partial charge in [0.25, 0.3) is 0 Å². The van der Waals surface area contributed by atoms with Gasteiger partial charge in [-0.15, -0.1) is 0 Å². The lowest BCUT2D eigenvalue weighted by Gasteiger charge is -2.23. The first-order chi connectivity index (χ1) is 19.4. The SMILES string of the molecule is COCCCS(=O)(=O)Cc1cccc2c(Oc3ncccc3-c3ccnc(N[C@H]4CCCNC4)n3)c(C)ccc12. The topological polar surface area (TPSA) is 115 Å². The molecule has 3 heterocycles. The van der Waals surface area contributed by atoms with Crippen LogP contribution in [-0.2, 0) is 20.3 Å². The van der Waals surface area contributed by atoms with Gasteiger partial charge < -0.3 is 20.1 Å². The zero-order valence-electron chi connectivity index (χ0n) is 22.9. The summed E-state index contributed by atoms with van der Waals surface area (Å²) in [5, 5.41) is 8.50. The standard InChI is InChI=1S/C30H35N5O4S/c1-21-11-12-24-22(20-40(36,37)18-6-17-38-2)7-3-9-25(24)28(21)39-29-26(10-5-15-32-29)27-13-16-33-30(35-27)34-23-8-4-14-31-19-23/h3,5,7,9-13,15-16,23,31H,4,6,8,14,17-20H2,1-2H3,(H,33,34,35)/t23-/m0/s1. The Morgan fingerprint density at radius 2 is 1.95 bits per heavy atom. The Labute approximate surface area is 235 Å². The summed E-state index contributed by atoms with van der Waals surface area (Å²) in [7, 11) is -1.72. The summed E-state index contributed by atoms with van der Waals surface area (Å²) in [6.45, 7) is 4.30. The zero-order valence-corrected chi connectivity index (χ0v) is 23.7. The summed E-state index contributed by atoms with van der Waals surface area (Å²) in [5.74, 6) is 1.66. The van der Waals surface area contributed by atoms with Crippen LogP contribution in [0.1, 0.15) is 30.4 Å². The fourth-order valence-electron chi connectivity index (χ4n) is 5.00. The largest absolute Gasteiger partial charge is 0.437 e. The number of ether oxygens (including phenoxy) is 2. The summed E-state index contributed by atoms with van der Waals surface area (Å²) in [6.07, 6.45) is 6.07. The highest BCUT2D eigenvalue weighted by Gasteiger charge is 2.19. The van der Waals surface area contributed by atoms with E-state index in [0.717, 1.165) is 53.4 Å². The maximum atomic E-state index is 12.8. The smallest absolute Gasteiger partial charge is 0.228 e. The van der Waals surface area contributed by atoms with Gasteiger partial charge in [0.2, 0.25) is 11.8 Å². The van der Waals surface area contributed by atoms with Crippen molar-refractivity contribution in [2.45, 2.75) is 38.0 Å². The molecule has 5 rings (SSSR count). The van der Waals surface area contributed by atoms with Crippen LogP contribution >= 0.6 is 0 Å². The molecule has 1 fully saturated rings. The molecule has 1 aliphatic heterocycles. The monoisotopic (exact) mass is 561 g/mol. The molecule has 1 saturated heterocycles. The van der Waals surface area contributed by atoms with E-state index in [4.69, 9.17) is 14.5 Å². The molecule has 2 aromatic heterocycles. The van der Waals surface area contributed by atoms with E-state index in [2.05, 4.69) is 20.6 Å². The summed E-state index contributed by atoms with van der Waals surface area (Å²) >= 11 is 0. The second-order valence-corrected chi connectivity index (χ2v) is 12.3. The second-order valence-electron chi connectivity index (χ2n) is 10.1. The number of anilines is 1. The number of aryl methyl sites for hydroxylation is 1. The zero-order chi connectivity index (χ0) is 28.0. The number of benzene rings is 2. The number of methoxy groups -OCH3 is 1. The molecule has 40 heavy (non-hydrogen) atoms. The van der Waals surface area contributed by atoms with Crippen LogP contribution in [0, 0.1) is 6.92 Å². The number of nitrogens with one attached hydrogen (secondary N) is 2. The number of piperidine rings is 1. The van der Waals surface area contributed by atoms with E-state index < -0.39 is 9.84 Å². The van der Waals surface area contributed by atoms with Crippen molar-refractivity contribution < 1.29 is 17.9 Å². The van der Waals surface area contributed by atoms with E-state index in [-0.39, 0.29) is 17.5 Å². The molecule has 0 bridgehead atoms. The fourth-order valence-corrected chi connectivity index (χ4v) is 6.43. The first-order valence-electron chi connectivity index (χ1n) is 13.6. The number of rotatable bonds is 11. The summed E-state index contributed by atoms with van der Waals surface area (Å²) in [4.78, 5) is 13.7. The first-order valence-corrected chi connectivity index (χ1v) is 15.4. The van der Waals surface area contributed by atoms with Gasteiger partial charge in [0, 0.05) is 44.1 Å². The molecule has 0 unspecified atom stereocenters. The number of sulfone groups is 1. The molecule has 0 aliphatic carbocycles. The minimum absolute atomic E-state index is 0.0430. The molecule has 4 aromatic rings. The number of aromatic nitrogens is 3. The van der Waals surface area contributed by atoms with Gasteiger partial charge in [-0.1, -0.05) is 30.3 Å². The van der Waals surface area contributed by atoms with Crippen molar-refractivity contribution in [3.8, 4) is 22.9 Å². The lowest BCUT2D eigenvalue weighted by Crippen LogP contribution is -2.38. The Morgan fingerprint density at radius 1 is 1.05 bits per heavy atom. The molecule has 9 nitrogen and oxygen atoms in total. The highest BCUT2D eigenvalue weighted by Crippen LogP contribution is 2.37. The molecule has 10 heteroatoms. The van der Waals surface area contributed by atoms with Crippen molar-refractivity contribution >= 4 is 26.6 Å². The molecular weight excluding hydrogens is 526 g/mol. The van der Waals surface area contributed by atoms with Crippen LogP contribution in [0.15, 0.2) is 60.9 Å². The predicted molar refractivity (Wildman–Crippen MR) is 158 cm³/mol. The van der Waals surface area contributed by atoms with Gasteiger partial charge in [-0.2, -0.15) is 0 Å². The molecule has 0 amide bonds. The van der Waals surface area contributed by atoms with Crippen LogP contribution in [0.5, 0.6) is 11.6 Å². The quantitative estimate of drug-likeness (QED) is 0.247. The molecule has 0 saturated carbocycles. The summed E-state index contributed by atoms with van der Waals surface area (Å²) < 4.78 is 37.1. The highest BCUT2D eigenvalue weighted by atomic mass is 32.2. The van der Waals surface area contributed by atoms with E-state index in [9.17, 15) is 8.42 Å². The predicted octanol–water partition coefficient (Wildman–Crippen LogP) is 4.91. The minimum atomic E-state index is -3.30. The molecule has 2 N–H and O–H groups in total. The molecule has 1 aliphatic rings. The Kier molecular flexibility index (Phi) is 8.88. The van der Waals surface area contributed by atoms with Crippen molar-refractivity contribution in [3.05, 3.63) is 72.1 Å². The number of nitrogens with zero attached hydrogens (tertiary/aromatic N) is 3. The van der Waals surface area contributed by atoms with Crippen molar-refractivity contribution in [2.24, 2.45) is 0 Å². The van der Waals surface area contributed by atoms with Crippen LogP contribution in [-0.4, -0.2) is 62.0 Å². The Morgan fingerprint density at radius 3 is 2.77 bits per heavy atom. The maximum Gasteiger partial charge on any atom is 0.228 e. The maximum absolute atomic E-state index is 12.8. The third kappa shape index (κ3) is 6.75. The number of hydrogen-bond acceptors (Lipinski definition) is 9. The Hall–Kier alpha value is -3.60. The van der Waals surface area contributed by atoms with Crippen molar-refractivity contribution in [3.63, 3.8) is 0 Å². The normalized spacial score (nSPS) is 15.7. The molecular formula is C30H35N5O4S. The molecule has 0 spiro atoms. The average Bonchev–Trinajstić information content (AvgIpc) is 2.95. The van der Waals surface area contributed by atoms with Gasteiger partial charge >= 0.3 is 0 Å². The van der Waals surface area contributed by atoms with E-state index >= 15 is 0 Å². The van der Waals surface area contributed by atoms with Gasteiger partial charge in [0.1, 0.15) is 5.75 Å². The van der Waals surface area contributed by atoms with Crippen LogP contribution < -0.4 is 15.4 Å².